The number of allylic oxidation sites excluding steroid dienone is 4. The average molecular weight is 455 g/mol. The minimum atomic E-state index is -1.69. The molecule has 0 radical (unpaired) electrons. The number of hydrogen-bond donors (Lipinski definition) is 2. The summed E-state index contributed by atoms with van der Waals surface area (Å²) in [5, 5.41) is 23.0. The molecule has 5 aliphatic carbocycles. The van der Waals surface area contributed by atoms with Crippen LogP contribution in [0.5, 0.6) is 0 Å². The maximum absolute atomic E-state index is 13.4. The molecule has 3 unspecified atom stereocenters. The average Bonchev–Trinajstić information content (AvgIpc) is 3.52. The Kier molecular flexibility index (Phi) is 4.25. The molecular weight excluding hydrogens is 420 g/mol. The largest absolute Gasteiger partial charge is 0.448 e. The van der Waals surface area contributed by atoms with Crippen molar-refractivity contribution in [2.45, 2.75) is 83.0 Å². The van der Waals surface area contributed by atoms with Crippen molar-refractivity contribution in [3.8, 4) is 0 Å². The first-order valence-electron chi connectivity index (χ1n) is 12.6. The molecule has 178 valence electrons. The van der Waals surface area contributed by atoms with Gasteiger partial charge in [-0.05, 0) is 78.8 Å². The van der Waals surface area contributed by atoms with Gasteiger partial charge in [0.15, 0.2) is 5.78 Å². The van der Waals surface area contributed by atoms with Crippen LogP contribution in [0.3, 0.4) is 0 Å². The number of rotatable bonds is 2. The van der Waals surface area contributed by atoms with Crippen LogP contribution < -0.4 is 0 Å². The predicted molar refractivity (Wildman–Crippen MR) is 119 cm³/mol. The monoisotopic (exact) mass is 454 g/mol. The quantitative estimate of drug-likeness (QED) is 0.623. The molecule has 0 aromatic carbocycles. The number of fused-ring (bicyclic) bond motifs is 7. The second-order valence-corrected chi connectivity index (χ2v) is 12.0. The van der Waals surface area contributed by atoms with Gasteiger partial charge in [0.05, 0.1) is 6.42 Å². The van der Waals surface area contributed by atoms with Crippen molar-refractivity contribution in [2.24, 2.45) is 40.4 Å². The molecule has 1 aliphatic heterocycles. The summed E-state index contributed by atoms with van der Waals surface area (Å²) in [5.41, 5.74) is -2.70. The van der Waals surface area contributed by atoms with Gasteiger partial charge in [-0.15, -0.1) is 0 Å². The van der Waals surface area contributed by atoms with Gasteiger partial charge in [0.2, 0.25) is 11.4 Å². The molecule has 0 aromatic heterocycles. The number of esters is 1. The minimum Gasteiger partial charge on any atom is -0.448 e. The molecule has 6 heteroatoms. The first-order valence-corrected chi connectivity index (χ1v) is 12.6. The summed E-state index contributed by atoms with van der Waals surface area (Å²) in [6.45, 7) is 6.15. The molecule has 0 aromatic rings. The van der Waals surface area contributed by atoms with Crippen LogP contribution in [0, 0.1) is 40.4 Å². The van der Waals surface area contributed by atoms with Crippen molar-refractivity contribution in [3.05, 3.63) is 23.8 Å². The van der Waals surface area contributed by atoms with Crippen LogP contribution in [-0.2, 0) is 19.1 Å². The van der Waals surface area contributed by atoms with Gasteiger partial charge in [0.25, 0.3) is 0 Å². The number of carbonyl (C=O) groups excluding carboxylic acids is 3. The summed E-state index contributed by atoms with van der Waals surface area (Å²) in [6.07, 6.45) is 8.46. The van der Waals surface area contributed by atoms with E-state index in [0.29, 0.717) is 12.3 Å². The lowest BCUT2D eigenvalue weighted by molar-refractivity contribution is -0.253. The summed E-state index contributed by atoms with van der Waals surface area (Å²) >= 11 is 0. The lowest BCUT2D eigenvalue weighted by Crippen LogP contribution is -2.73. The Labute approximate surface area is 194 Å². The van der Waals surface area contributed by atoms with E-state index in [1.165, 1.54) is 0 Å². The van der Waals surface area contributed by atoms with Crippen molar-refractivity contribution in [3.63, 3.8) is 0 Å². The topological polar surface area (TPSA) is 101 Å². The Morgan fingerprint density at radius 3 is 2.64 bits per heavy atom. The minimum absolute atomic E-state index is 0.0501. The van der Waals surface area contributed by atoms with E-state index in [0.717, 1.165) is 31.3 Å². The lowest BCUT2D eigenvalue weighted by Gasteiger charge is -2.61. The number of carbonyl (C=O) groups is 3. The van der Waals surface area contributed by atoms with E-state index in [4.69, 9.17) is 4.74 Å². The summed E-state index contributed by atoms with van der Waals surface area (Å²) < 4.78 is 5.79. The first kappa shape index (κ1) is 21.7. The summed E-state index contributed by atoms with van der Waals surface area (Å²) in [7, 11) is 0. The zero-order valence-electron chi connectivity index (χ0n) is 19.7. The molecule has 0 amide bonds. The van der Waals surface area contributed by atoms with Gasteiger partial charge in [0.1, 0.15) is 11.7 Å². The van der Waals surface area contributed by atoms with Crippen molar-refractivity contribution < 1.29 is 29.3 Å². The SMILES string of the molecule is CC[C@]1([C@]2(O)[C@H]3CC3C3[C@H]4C=CC5=CC(=O)CC[C@]5(C)[C@@H]4CC[C@@]32C)OC(=O)CC(O)C1=O. The fourth-order valence-electron chi connectivity index (χ4n) is 9.34. The Morgan fingerprint density at radius 2 is 1.91 bits per heavy atom. The van der Waals surface area contributed by atoms with Crippen LogP contribution in [0.2, 0.25) is 0 Å². The second-order valence-electron chi connectivity index (χ2n) is 12.0. The van der Waals surface area contributed by atoms with Gasteiger partial charge in [-0.2, -0.15) is 0 Å². The Morgan fingerprint density at radius 1 is 1.15 bits per heavy atom. The zero-order valence-corrected chi connectivity index (χ0v) is 19.7. The number of hydrogen-bond acceptors (Lipinski definition) is 6. The smallest absolute Gasteiger partial charge is 0.309 e. The molecule has 3 saturated carbocycles. The van der Waals surface area contributed by atoms with E-state index in [1.807, 2.05) is 6.08 Å². The van der Waals surface area contributed by atoms with Crippen molar-refractivity contribution in [1.82, 2.24) is 0 Å². The Hall–Kier alpha value is -1.79. The summed E-state index contributed by atoms with van der Waals surface area (Å²) in [4.78, 5) is 37.9. The summed E-state index contributed by atoms with van der Waals surface area (Å²) in [6, 6.07) is 0. The molecule has 6 nitrogen and oxygen atoms in total. The maximum Gasteiger partial charge on any atom is 0.309 e. The Balaban J connectivity index is 1.46. The third kappa shape index (κ3) is 2.35. The van der Waals surface area contributed by atoms with E-state index >= 15 is 0 Å². The molecule has 10 atom stereocenters. The van der Waals surface area contributed by atoms with Gasteiger partial charge in [0, 0.05) is 11.8 Å². The number of Topliss-reactive ketones (excluding diaryl/α,β-unsaturated/α-hetero) is 1. The number of aliphatic hydroxyl groups is 2. The van der Waals surface area contributed by atoms with Gasteiger partial charge >= 0.3 is 5.97 Å². The molecule has 0 bridgehead atoms. The van der Waals surface area contributed by atoms with Crippen molar-refractivity contribution >= 4 is 17.5 Å². The highest BCUT2D eigenvalue weighted by molar-refractivity contribution is 5.99. The van der Waals surface area contributed by atoms with Gasteiger partial charge < -0.3 is 14.9 Å². The molecule has 1 saturated heterocycles. The first-order chi connectivity index (χ1) is 15.5. The molecular formula is C27H34O6. The molecule has 33 heavy (non-hydrogen) atoms. The maximum atomic E-state index is 13.4. The molecule has 1 heterocycles. The highest BCUT2D eigenvalue weighted by Gasteiger charge is 2.83. The highest BCUT2D eigenvalue weighted by Crippen LogP contribution is 2.78. The van der Waals surface area contributed by atoms with Crippen LogP contribution in [0.15, 0.2) is 23.8 Å². The van der Waals surface area contributed by atoms with E-state index < -0.39 is 34.5 Å². The van der Waals surface area contributed by atoms with E-state index in [1.54, 1.807) is 6.92 Å². The third-order valence-corrected chi connectivity index (χ3v) is 10.9. The fraction of sp³-hybridized carbons (Fsp3) is 0.741. The fourth-order valence-corrected chi connectivity index (χ4v) is 9.34. The van der Waals surface area contributed by atoms with Crippen LogP contribution >= 0.6 is 0 Å². The molecule has 2 N–H and O–H groups in total. The summed E-state index contributed by atoms with van der Waals surface area (Å²) in [5.74, 6) is 0.0148. The van der Waals surface area contributed by atoms with Crippen LogP contribution in [0.1, 0.15) is 65.7 Å². The Bertz CT molecular complexity index is 1030. The standard InChI is InChI=1S/C27H34O6/c1-4-26(23(31)20(29)13-21(30)33-26)27(32)19-12-17(19)22-16-6-5-14-11-15(28)7-9-24(14,2)18(16)8-10-25(22,27)3/h5-6,11,16-20,22,29,32H,4,7-10,12-13H2,1-3H3/t16-,17?,18+,19-,20?,22?,24-,25-,26-,27-/m0/s1. The van der Waals surface area contributed by atoms with E-state index in [-0.39, 0.29) is 47.7 Å². The van der Waals surface area contributed by atoms with Crippen LogP contribution in [0.25, 0.3) is 0 Å². The van der Waals surface area contributed by atoms with Gasteiger partial charge in [-0.3, -0.25) is 14.4 Å². The normalized spacial score (nSPS) is 54.6. The molecule has 6 rings (SSSR count). The number of aliphatic hydroxyl groups excluding tert-OH is 1. The van der Waals surface area contributed by atoms with Crippen LogP contribution in [-0.4, -0.2) is 45.1 Å². The number of cyclic esters (lactones) is 1. The molecule has 0 spiro atoms. The van der Waals surface area contributed by atoms with Gasteiger partial charge in [-0.25, -0.2) is 0 Å². The number of ether oxygens (including phenoxy) is 1. The highest BCUT2D eigenvalue weighted by atomic mass is 16.6. The molecule has 4 fully saturated rings. The number of ketones is 2. The third-order valence-electron chi connectivity index (χ3n) is 10.9. The predicted octanol–water partition coefficient (Wildman–Crippen LogP) is 2.91. The van der Waals surface area contributed by atoms with Crippen molar-refractivity contribution in [1.29, 1.82) is 0 Å². The lowest BCUT2D eigenvalue weighted by atomic mass is 9.45. The molecule has 6 aliphatic rings. The van der Waals surface area contributed by atoms with Crippen molar-refractivity contribution in [2.75, 3.05) is 0 Å². The van der Waals surface area contributed by atoms with E-state index in [9.17, 15) is 24.6 Å². The van der Waals surface area contributed by atoms with E-state index in [2.05, 4.69) is 26.0 Å². The second kappa shape index (κ2) is 6.45. The van der Waals surface area contributed by atoms with Crippen LogP contribution in [0.4, 0.5) is 0 Å². The van der Waals surface area contributed by atoms with Gasteiger partial charge in [-0.1, -0.05) is 32.9 Å². The zero-order chi connectivity index (χ0) is 23.6.